The van der Waals surface area contributed by atoms with Crippen LogP contribution >= 0.6 is 0 Å². The van der Waals surface area contributed by atoms with Crippen LogP contribution in [0.4, 0.5) is 0 Å². The molecule has 1 aromatic rings. The van der Waals surface area contributed by atoms with E-state index in [1.165, 1.54) is 27.5 Å². The molecule has 1 heterocycles. The number of ether oxygens (including phenoxy) is 3. The molecule has 0 aliphatic carbocycles. The van der Waals surface area contributed by atoms with Crippen LogP contribution in [0.2, 0.25) is 0 Å². The van der Waals surface area contributed by atoms with Crippen LogP contribution in [0.25, 0.3) is 0 Å². The first-order valence-corrected chi connectivity index (χ1v) is 5.87. The second-order valence-electron chi connectivity index (χ2n) is 5.12. The molecule has 1 unspecified atom stereocenters. The minimum atomic E-state index is -0.621. The maximum Gasteiger partial charge on any atom is 0.246 e. The summed E-state index contributed by atoms with van der Waals surface area (Å²) in [6, 6.07) is 0. The molecular formula is C13H20N2O4. The zero-order valence-electron chi connectivity index (χ0n) is 12.2. The third kappa shape index (κ3) is 3.41. The van der Waals surface area contributed by atoms with Crippen molar-refractivity contribution < 1.29 is 19.0 Å². The second-order valence-corrected chi connectivity index (χ2v) is 5.12. The van der Waals surface area contributed by atoms with Crippen molar-refractivity contribution in [1.29, 1.82) is 0 Å². The van der Waals surface area contributed by atoms with Gasteiger partial charge in [-0.1, -0.05) is 20.8 Å². The first-order chi connectivity index (χ1) is 8.85. The van der Waals surface area contributed by atoms with E-state index in [0.29, 0.717) is 0 Å². The van der Waals surface area contributed by atoms with Crippen LogP contribution in [0.1, 0.15) is 31.3 Å². The molecule has 6 nitrogen and oxygen atoms in total. The number of hydrogen-bond acceptors (Lipinski definition) is 6. The highest BCUT2D eigenvalue weighted by molar-refractivity contribution is 6.00. The van der Waals surface area contributed by atoms with Crippen molar-refractivity contribution in [3.05, 3.63) is 11.9 Å². The fourth-order valence-corrected chi connectivity index (χ4v) is 1.74. The molecule has 0 saturated heterocycles. The molecule has 0 aliphatic heterocycles. The molecule has 0 aliphatic rings. The maximum absolute atomic E-state index is 12.5. The predicted octanol–water partition coefficient (Wildman–Crippen LogP) is 1.74. The molecule has 0 radical (unpaired) electrons. The quantitative estimate of drug-likeness (QED) is 0.757. The number of aromatic nitrogens is 2. The second kappa shape index (κ2) is 5.97. The summed E-state index contributed by atoms with van der Waals surface area (Å²) in [7, 11) is 4.40. The lowest BCUT2D eigenvalue weighted by molar-refractivity contribution is 0.0188. The Morgan fingerprint density at radius 1 is 1.21 bits per heavy atom. The van der Waals surface area contributed by atoms with Crippen LogP contribution in [-0.2, 0) is 4.74 Å². The number of carbonyl (C=O) groups excluding carboxylic acids is 1. The van der Waals surface area contributed by atoms with Crippen molar-refractivity contribution in [1.82, 2.24) is 9.97 Å². The Kier molecular flexibility index (Phi) is 4.83. The van der Waals surface area contributed by atoms with Gasteiger partial charge < -0.3 is 14.2 Å². The molecule has 0 N–H and O–H groups in total. The average molecular weight is 268 g/mol. The summed E-state index contributed by atoms with van der Waals surface area (Å²) < 4.78 is 15.3. The molecule has 0 spiro atoms. The summed E-state index contributed by atoms with van der Waals surface area (Å²) in [6.45, 7) is 5.76. The van der Waals surface area contributed by atoms with Crippen LogP contribution in [-0.4, -0.2) is 43.2 Å². The number of nitrogens with zero attached hydrogens (tertiary/aromatic N) is 2. The molecule has 0 aromatic carbocycles. The number of Topliss-reactive ketones (excluding diaryl/α,β-unsaturated/α-hetero) is 1. The molecule has 1 aromatic heterocycles. The summed E-state index contributed by atoms with van der Waals surface area (Å²) in [5, 5.41) is 0. The van der Waals surface area contributed by atoms with Crippen LogP contribution in [0.5, 0.6) is 11.8 Å². The zero-order valence-corrected chi connectivity index (χ0v) is 12.2. The molecule has 106 valence electrons. The van der Waals surface area contributed by atoms with Gasteiger partial charge in [0.25, 0.3) is 0 Å². The smallest absolute Gasteiger partial charge is 0.246 e. The highest BCUT2D eigenvalue weighted by Crippen LogP contribution is 2.27. The average Bonchev–Trinajstić information content (AvgIpc) is 2.36. The number of methoxy groups -OCH3 is 3. The molecule has 0 fully saturated rings. The van der Waals surface area contributed by atoms with Crippen molar-refractivity contribution in [2.45, 2.75) is 26.9 Å². The minimum Gasteiger partial charge on any atom is -0.480 e. The number of ketones is 1. The zero-order chi connectivity index (χ0) is 14.6. The Hall–Kier alpha value is -1.69. The molecule has 0 saturated carbocycles. The van der Waals surface area contributed by atoms with Gasteiger partial charge in [-0.15, -0.1) is 0 Å². The third-order valence-corrected chi connectivity index (χ3v) is 2.61. The van der Waals surface area contributed by atoms with E-state index in [0.717, 1.165) is 0 Å². The normalized spacial score (nSPS) is 12.9. The van der Waals surface area contributed by atoms with Gasteiger partial charge in [0.05, 0.1) is 20.4 Å². The first-order valence-electron chi connectivity index (χ1n) is 5.87. The fraction of sp³-hybridized carbons (Fsp3) is 0.615. The Morgan fingerprint density at radius 2 is 1.84 bits per heavy atom. The van der Waals surface area contributed by atoms with Gasteiger partial charge in [0.15, 0.2) is 5.69 Å². The number of carbonyl (C=O) groups is 1. The Bertz CT molecular complexity index is 454. The fourth-order valence-electron chi connectivity index (χ4n) is 1.74. The van der Waals surface area contributed by atoms with E-state index in [2.05, 4.69) is 9.97 Å². The molecule has 1 rings (SSSR count). The van der Waals surface area contributed by atoms with Crippen molar-refractivity contribution in [3.8, 4) is 11.8 Å². The van der Waals surface area contributed by atoms with Gasteiger partial charge in [0.1, 0.15) is 6.10 Å². The summed E-state index contributed by atoms with van der Waals surface area (Å²) in [6.07, 6.45) is 0.759. The highest BCUT2D eigenvalue weighted by atomic mass is 16.5. The van der Waals surface area contributed by atoms with E-state index in [1.54, 1.807) is 0 Å². The monoisotopic (exact) mass is 268 g/mol. The van der Waals surface area contributed by atoms with E-state index in [9.17, 15) is 4.79 Å². The van der Waals surface area contributed by atoms with Crippen molar-refractivity contribution in [2.24, 2.45) is 5.41 Å². The number of rotatable bonds is 5. The summed E-state index contributed by atoms with van der Waals surface area (Å²) in [5.74, 6) is 0.163. The van der Waals surface area contributed by atoms with Crippen molar-refractivity contribution >= 4 is 5.78 Å². The molecular weight excluding hydrogens is 248 g/mol. The maximum atomic E-state index is 12.5. The lowest BCUT2D eigenvalue weighted by Crippen LogP contribution is -2.37. The van der Waals surface area contributed by atoms with Crippen LogP contribution in [0.3, 0.4) is 0 Å². The standard InChI is InChI=1S/C13H20N2O4/c1-13(2,3)11(18-5)10(16)9-12(19-6)15-8(17-4)7-14-9/h7,11H,1-6H3. The van der Waals surface area contributed by atoms with Crippen LogP contribution < -0.4 is 9.47 Å². The summed E-state index contributed by atoms with van der Waals surface area (Å²) >= 11 is 0. The van der Waals surface area contributed by atoms with Gasteiger partial charge in [-0.25, -0.2) is 4.98 Å². The van der Waals surface area contributed by atoms with Gasteiger partial charge in [0.2, 0.25) is 17.5 Å². The Morgan fingerprint density at radius 3 is 2.26 bits per heavy atom. The van der Waals surface area contributed by atoms with Crippen LogP contribution in [0, 0.1) is 5.41 Å². The first kappa shape index (κ1) is 15.4. The van der Waals surface area contributed by atoms with Gasteiger partial charge in [-0.05, 0) is 5.41 Å². The summed E-state index contributed by atoms with van der Waals surface area (Å²) in [4.78, 5) is 20.6. The number of hydrogen-bond donors (Lipinski definition) is 0. The van der Waals surface area contributed by atoms with Gasteiger partial charge in [-0.2, -0.15) is 4.98 Å². The Labute approximate surface area is 113 Å². The lowest BCUT2D eigenvalue weighted by atomic mass is 9.85. The lowest BCUT2D eigenvalue weighted by Gasteiger charge is -2.27. The molecule has 0 bridgehead atoms. The minimum absolute atomic E-state index is 0.135. The van der Waals surface area contributed by atoms with E-state index in [1.807, 2.05) is 20.8 Å². The van der Waals surface area contributed by atoms with E-state index in [4.69, 9.17) is 14.2 Å². The topological polar surface area (TPSA) is 70.5 Å². The van der Waals surface area contributed by atoms with Gasteiger partial charge >= 0.3 is 0 Å². The van der Waals surface area contributed by atoms with E-state index in [-0.39, 0.29) is 28.7 Å². The molecule has 1 atom stereocenters. The SMILES string of the molecule is COc1cnc(C(=O)C(OC)C(C)(C)C)c(OC)n1. The van der Waals surface area contributed by atoms with Crippen molar-refractivity contribution in [2.75, 3.05) is 21.3 Å². The van der Waals surface area contributed by atoms with Crippen LogP contribution in [0.15, 0.2) is 6.20 Å². The third-order valence-electron chi connectivity index (χ3n) is 2.61. The predicted molar refractivity (Wildman–Crippen MR) is 69.7 cm³/mol. The summed E-state index contributed by atoms with van der Waals surface area (Å²) in [5.41, 5.74) is -0.205. The van der Waals surface area contributed by atoms with E-state index < -0.39 is 6.10 Å². The Balaban J connectivity index is 3.18. The van der Waals surface area contributed by atoms with Crippen molar-refractivity contribution in [3.63, 3.8) is 0 Å². The van der Waals surface area contributed by atoms with Gasteiger partial charge in [0, 0.05) is 7.11 Å². The van der Waals surface area contributed by atoms with Gasteiger partial charge in [-0.3, -0.25) is 4.79 Å². The molecule has 0 amide bonds. The highest BCUT2D eigenvalue weighted by Gasteiger charge is 2.34. The van der Waals surface area contributed by atoms with E-state index >= 15 is 0 Å². The molecule has 6 heteroatoms. The largest absolute Gasteiger partial charge is 0.480 e. The molecule has 19 heavy (non-hydrogen) atoms.